The highest BCUT2D eigenvalue weighted by Gasteiger charge is 2.57. The van der Waals surface area contributed by atoms with Crippen LogP contribution < -0.4 is 9.47 Å². The van der Waals surface area contributed by atoms with E-state index in [1.165, 1.54) is 0 Å². The summed E-state index contributed by atoms with van der Waals surface area (Å²) in [5, 5.41) is 0. The molecular formula is C27H30O4. The summed E-state index contributed by atoms with van der Waals surface area (Å²) in [5.41, 5.74) is 4.93. The number of hydrogen-bond acceptors (Lipinski definition) is 4. The predicted molar refractivity (Wildman–Crippen MR) is 120 cm³/mol. The first-order valence-corrected chi connectivity index (χ1v) is 10.9. The Kier molecular flexibility index (Phi) is 5.28. The molecule has 0 amide bonds. The summed E-state index contributed by atoms with van der Waals surface area (Å²) < 4.78 is 11.5. The van der Waals surface area contributed by atoms with Crippen molar-refractivity contribution in [3.63, 3.8) is 0 Å². The fourth-order valence-corrected chi connectivity index (χ4v) is 5.54. The Morgan fingerprint density at radius 1 is 0.677 bits per heavy atom. The van der Waals surface area contributed by atoms with E-state index in [1.807, 2.05) is 64.1 Å². The average molecular weight is 419 g/mol. The van der Waals surface area contributed by atoms with Gasteiger partial charge in [0, 0.05) is 0 Å². The third kappa shape index (κ3) is 3.91. The molecule has 31 heavy (non-hydrogen) atoms. The fraction of sp³-hybridized carbons (Fsp3) is 0.407. The summed E-state index contributed by atoms with van der Waals surface area (Å²) >= 11 is 0. The van der Waals surface area contributed by atoms with Crippen LogP contribution in [-0.4, -0.2) is 11.9 Å². The summed E-state index contributed by atoms with van der Waals surface area (Å²) in [4.78, 5) is 26.6. The van der Waals surface area contributed by atoms with Crippen LogP contribution in [0.25, 0.3) is 0 Å². The van der Waals surface area contributed by atoms with Gasteiger partial charge in [-0.05, 0) is 104 Å². The summed E-state index contributed by atoms with van der Waals surface area (Å²) in [6.07, 6.45) is 1.77. The minimum atomic E-state index is -0.433. The predicted octanol–water partition coefficient (Wildman–Crippen LogP) is 5.79. The molecule has 0 saturated heterocycles. The van der Waals surface area contributed by atoms with Gasteiger partial charge in [0.25, 0.3) is 0 Å². The summed E-state index contributed by atoms with van der Waals surface area (Å²) in [7, 11) is 0. The highest BCUT2D eigenvalue weighted by molar-refractivity contribution is 6.04. The number of aryl methyl sites for hydroxylation is 4. The Bertz CT molecular complexity index is 980. The van der Waals surface area contributed by atoms with Crippen molar-refractivity contribution in [3.05, 3.63) is 69.8 Å². The molecular weight excluding hydrogens is 388 g/mol. The first-order valence-electron chi connectivity index (χ1n) is 10.9. The SMILES string of the molecule is Cc1cc(C)cc(OC(=O)C2=C(C(=O)Oc3cc(C)cc(C)c3)C3CCC2C3(C)C)c1. The van der Waals surface area contributed by atoms with Crippen LogP contribution in [0.3, 0.4) is 0 Å². The fourth-order valence-electron chi connectivity index (χ4n) is 5.54. The van der Waals surface area contributed by atoms with Crippen LogP contribution in [0.4, 0.5) is 0 Å². The van der Waals surface area contributed by atoms with Crippen molar-refractivity contribution < 1.29 is 19.1 Å². The molecule has 0 aliphatic heterocycles. The quantitative estimate of drug-likeness (QED) is 0.466. The lowest BCUT2D eigenvalue weighted by molar-refractivity contribution is -0.133. The van der Waals surface area contributed by atoms with E-state index in [0.717, 1.165) is 35.1 Å². The number of hydrogen-bond donors (Lipinski definition) is 0. The van der Waals surface area contributed by atoms with Crippen LogP contribution in [-0.2, 0) is 9.59 Å². The highest BCUT2D eigenvalue weighted by Crippen LogP contribution is 2.60. The van der Waals surface area contributed by atoms with E-state index in [-0.39, 0.29) is 17.3 Å². The zero-order valence-electron chi connectivity index (χ0n) is 19.2. The van der Waals surface area contributed by atoms with Crippen LogP contribution in [0.2, 0.25) is 0 Å². The van der Waals surface area contributed by atoms with Gasteiger partial charge in [0.2, 0.25) is 0 Å². The van der Waals surface area contributed by atoms with Crippen LogP contribution >= 0.6 is 0 Å². The Morgan fingerprint density at radius 3 is 1.32 bits per heavy atom. The minimum absolute atomic E-state index is 0.00213. The normalized spacial score (nSPS) is 21.4. The molecule has 0 N–H and O–H groups in total. The Morgan fingerprint density at radius 2 is 1.00 bits per heavy atom. The number of benzene rings is 2. The van der Waals surface area contributed by atoms with E-state index >= 15 is 0 Å². The van der Waals surface area contributed by atoms with E-state index in [0.29, 0.717) is 22.6 Å². The van der Waals surface area contributed by atoms with Gasteiger partial charge in [-0.25, -0.2) is 9.59 Å². The van der Waals surface area contributed by atoms with Gasteiger partial charge in [-0.15, -0.1) is 0 Å². The lowest BCUT2D eigenvalue weighted by Gasteiger charge is -2.25. The molecule has 2 atom stereocenters. The second-order valence-electron chi connectivity index (χ2n) is 9.76. The van der Waals surface area contributed by atoms with E-state index < -0.39 is 11.9 Å². The van der Waals surface area contributed by atoms with Crippen molar-refractivity contribution in [1.82, 2.24) is 0 Å². The van der Waals surface area contributed by atoms with Gasteiger partial charge in [0.05, 0.1) is 11.1 Å². The maximum absolute atomic E-state index is 13.3. The summed E-state index contributed by atoms with van der Waals surface area (Å²) in [5.74, 6) is 0.154. The van der Waals surface area contributed by atoms with Gasteiger partial charge in [-0.1, -0.05) is 26.0 Å². The molecule has 4 heteroatoms. The number of esters is 2. The summed E-state index contributed by atoms with van der Waals surface area (Å²) in [6.45, 7) is 12.1. The van der Waals surface area contributed by atoms with Crippen LogP contribution in [0.5, 0.6) is 11.5 Å². The molecule has 2 unspecified atom stereocenters. The molecule has 2 aliphatic rings. The lowest BCUT2D eigenvalue weighted by Crippen LogP contribution is -2.24. The lowest BCUT2D eigenvalue weighted by atomic mass is 9.79. The van der Waals surface area contributed by atoms with Gasteiger partial charge in [0.15, 0.2) is 0 Å². The molecule has 0 aromatic heterocycles. The third-order valence-corrected chi connectivity index (χ3v) is 6.78. The molecule has 2 aromatic rings. The average Bonchev–Trinajstić information content (AvgIpc) is 3.05. The van der Waals surface area contributed by atoms with Gasteiger partial charge >= 0.3 is 11.9 Å². The molecule has 1 saturated carbocycles. The number of rotatable bonds is 4. The van der Waals surface area contributed by atoms with Gasteiger partial charge in [0.1, 0.15) is 11.5 Å². The van der Waals surface area contributed by atoms with E-state index in [9.17, 15) is 9.59 Å². The summed E-state index contributed by atoms with van der Waals surface area (Å²) in [6, 6.07) is 11.4. The van der Waals surface area contributed by atoms with Crippen molar-refractivity contribution in [1.29, 1.82) is 0 Å². The number of fused-ring (bicyclic) bond motifs is 2. The second kappa shape index (κ2) is 7.67. The molecule has 2 bridgehead atoms. The van der Waals surface area contributed by atoms with E-state index in [1.54, 1.807) is 0 Å². The van der Waals surface area contributed by atoms with Crippen LogP contribution in [0.1, 0.15) is 48.9 Å². The zero-order chi connectivity index (χ0) is 22.5. The monoisotopic (exact) mass is 418 g/mol. The van der Waals surface area contributed by atoms with Crippen LogP contribution in [0, 0.1) is 44.9 Å². The number of ether oxygens (including phenoxy) is 2. The van der Waals surface area contributed by atoms with Crippen molar-refractivity contribution in [2.45, 2.75) is 54.4 Å². The van der Waals surface area contributed by atoms with Crippen molar-refractivity contribution in [2.75, 3.05) is 0 Å². The maximum atomic E-state index is 13.3. The van der Waals surface area contributed by atoms with E-state index in [4.69, 9.17) is 9.47 Å². The smallest absolute Gasteiger partial charge is 0.340 e. The third-order valence-electron chi connectivity index (χ3n) is 6.78. The largest absolute Gasteiger partial charge is 0.423 e. The molecule has 4 rings (SSSR count). The number of carbonyl (C=O) groups excluding carboxylic acids is 2. The standard InChI is InChI=1S/C27H30O4/c1-15-9-16(2)12-19(11-15)30-25(28)23-21-7-8-22(27(21,5)6)24(23)26(29)31-20-13-17(3)10-18(4)14-20/h9-14,21-22H,7-8H2,1-6H3. The molecule has 2 aromatic carbocycles. The first kappa shape index (κ1) is 21.4. The Labute approximate surface area is 184 Å². The molecule has 0 spiro atoms. The topological polar surface area (TPSA) is 52.6 Å². The Hall–Kier alpha value is -2.88. The van der Waals surface area contributed by atoms with Crippen LogP contribution in [0.15, 0.2) is 47.5 Å². The van der Waals surface area contributed by atoms with Gasteiger partial charge in [-0.2, -0.15) is 0 Å². The number of carbonyl (C=O) groups is 2. The maximum Gasteiger partial charge on any atom is 0.340 e. The molecule has 0 heterocycles. The molecule has 0 radical (unpaired) electrons. The highest BCUT2D eigenvalue weighted by atomic mass is 16.5. The van der Waals surface area contributed by atoms with Crippen molar-refractivity contribution >= 4 is 11.9 Å². The molecule has 2 aliphatic carbocycles. The molecule has 1 fully saturated rings. The van der Waals surface area contributed by atoms with Gasteiger partial charge in [-0.3, -0.25) is 0 Å². The first-order chi connectivity index (χ1) is 14.6. The molecule has 162 valence electrons. The van der Waals surface area contributed by atoms with Gasteiger partial charge < -0.3 is 9.47 Å². The van der Waals surface area contributed by atoms with Crippen molar-refractivity contribution in [3.8, 4) is 11.5 Å². The van der Waals surface area contributed by atoms with E-state index in [2.05, 4.69) is 13.8 Å². The molecule has 4 nitrogen and oxygen atoms in total. The second-order valence-corrected chi connectivity index (χ2v) is 9.76. The van der Waals surface area contributed by atoms with Crippen molar-refractivity contribution in [2.24, 2.45) is 17.3 Å². The minimum Gasteiger partial charge on any atom is -0.423 e. The zero-order valence-corrected chi connectivity index (χ0v) is 19.2. The Balaban J connectivity index is 1.69.